The largest absolute Gasteiger partial charge is 0.383 e. The van der Waals surface area contributed by atoms with Gasteiger partial charge >= 0.3 is 0 Å². The lowest BCUT2D eigenvalue weighted by Crippen LogP contribution is -2.35. The van der Waals surface area contributed by atoms with Gasteiger partial charge < -0.3 is 24.9 Å². The maximum Gasteiger partial charge on any atom is 0.268 e. The van der Waals surface area contributed by atoms with Gasteiger partial charge in [-0.3, -0.25) is 14.4 Å². The van der Waals surface area contributed by atoms with Crippen LogP contribution in [0.3, 0.4) is 0 Å². The van der Waals surface area contributed by atoms with E-state index in [1.165, 1.54) is 6.07 Å². The summed E-state index contributed by atoms with van der Waals surface area (Å²) in [5.41, 5.74) is 2.60. The number of ether oxygens (including phenoxy) is 1. The zero-order chi connectivity index (χ0) is 26.7. The summed E-state index contributed by atoms with van der Waals surface area (Å²) in [5, 5.41) is 6.03. The summed E-state index contributed by atoms with van der Waals surface area (Å²) >= 11 is 0. The van der Waals surface area contributed by atoms with Gasteiger partial charge in [-0.05, 0) is 50.5 Å². The zero-order valence-corrected chi connectivity index (χ0v) is 21.7. The summed E-state index contributed by atoms with van der Waals surface area (Å²) in [6, 6.07) is 5.77. The summed E-state index contributed by atoms with van der Waals surface area (Å²) in [4.78, 5) is 41.2. The van der Waals surface area contributed by atoms with Crippen LogP contribution >= 0.6 is 0 Å². The molecule has 3 N–H and O–H groups in total. The number of aromatic nitrogens is 2. The first-order valence-electron chi connectivity index (χ1n) is 12.1. The highest BCUT2D eigenvalue weighted by Crippen LogP contribution is 2.20. The Kier molecular flexibility index (Phi) is 11.0. The molecule has 2 aromatic rings. The second-order valence-corrected chi connectivity index (χ2v) is 8.32. The minimum absolute atomic E-state index is 0.236. The number of terminal acetylenes is 1. The predicted molar refractivity (Wildman–Crippen MR) is 142 cm³/mol. The number of methoxy groups -OCH3 is 1. The Morgan fingerprint density at radius 1 is 1.22 bits per heavy atom. The molecule has 8 nitrogen and oxygen atoms in total. The first kappa shape index (κ1) is 28.4. The Bertz CT molecular complexity index is 1210. The number of H-pyrrole nitrogens is 1. The van der Waals surface area contributed by atoms with Crippen LogP contribution in [-0.2, 0) is 11.3 Å². The molecule has 0 bridgehead atoms. The smallest absolute Gasteiger partial charge is 0.268 e. The second kappa shape index (κ2) is 13.9. The Labute approximate surface area is 212 Å². The zero-order valence-electron chi connectivity index (χ0n) is 21.7. The molecule has 0 aliphatic rings. The maximum absolute atomic E-state index is 13.4. The molecule has 0 spiro atoms. The molecule has 0 unspecified atom stereocenters. The molecule has 0 aliphatic carbocycles. The third-order valence-electron chi connectivity index (χ3n) is 5.97. The summed E-state index contributed by atoms with van der Waals surface area (Å²) < 4.78 is 7.01. The Balaban J connectivity index is 2.40. The van der Waals surface area contributed by atoms with Crippen molar-refractivity contribution < 1.29 is 14.3 Å². The van der Waals surface area contributed by atoms with Crippen LogP contribution < -0.4 is 16.2 Å². The van der Waals surface area contributed by atoms with Crippen LogP contribution in [0, 0.1) is 19.3 Å². The van der Waals surface area contributed by atoms with E-state index in [1.54, 1.807) is 42.9 Å². The number of rotatable bonds is 12. The Morgan fingerprint density at radius 3 is 2.56 bits per heavy atom. The normalized spacial score (nSPS) is 13.3. The molecule has 0 aliphatic heterocycles. The molecule has 0 saturated carbocycles. The molecule has 2 rings (SSSR count). The molecule has 36 heavy (non-hydrogen) atoms. The van der Waals surface area contributed by atoms with Gasteiger partial charge in [0.15, 0.2) is 0 Å². The number of nitrogens with zero attached hydrogens (tertiary/aromatic N) is 1. The molecule has 2 aromatic heterocycles. The number of nitrogens with one attached hydrogen (secondary N) is 3. The van der Waals surface area contributed by atoms with Crippen molar-refractivity contribution >= 4 is 11.8 Å². The van der Waals surface area contributed by atoms with Gasteiger partial charge in [-0.15, -0.1) is 6.42 Å². The number of allylic oxidation sites excluding steroid dienone is 2. The van der Waals surface area contributed by atoms with Crippen molar-refractivity contribution in [3.63, 3.8) is 0 Å². The molecule has 2 heterocycles. The van der Waals surface area contributed by atoms with Gasteiger partial charge in [0.05, 0.1) is 24.3 Å². The highest BCUT2D eigenvalue weighted by atomic mass is 16.5. The monoisotopic (exact) mass is 492 g/mol. The molecule has 0 saturated heterocycles. The first-order chi connectivity index (χ1) is 17.3. The number of carbonyl (C=O) groups excluding carboxylic acids is 2. The second-order valence-electron chi connectivity index (χ2n) is 8.32. The summed E-state index contributed by atoms with van der Waals surface area (Å²) in [6.45, 7) is 8.34. The van der Waals surface area contributed by atoms with E-state index in [0.29, 0.717) is 48.6 Å². The lowest BCUT2D eigenvalue weighted by atomic mass is 10.0. The van der Waals surface area contributed by atoms with Crippen LogP contribution in [-0.4, -0.2) is 41.1 Å². The fourth-order valence-electron chi connectivity index (χ4n) is 4.04. The van der Waals surface area contributed by atoms with Crippen LogP contribution in [0.4, 0.5) is 0 Å². The summed E-state index contributed by atoms with van der Waals surface area (Å²) in [7, 11) is 1.58. The summed E-state index contributed by atoms with van der Waals surface area (Å²) in [6.07, 6.45) is 12.1. The number of hydrogen-bond donors (Lipinski definition) is 3. The molecular formula is C28H36N4O4. The average molecular weight is 493 g/mol. The highest BCUT2D eigenvalue weighted by Gasteiger charge is 2.25. The standard InChI is InChI=1S/C28H36N4O4/c1-7-12-20(13-8-2)22(9-3)30-27(34)21-18-25(32(19(21)5)16-17-36-6)28(35)31-23(10-4)24-14-11-15-26(33)29-24/h1,8,11-15,18,22-23H,9-10,16-17H2,2-6H3,(H,29,33)(H,30,34)(H,31,35)/b13-8-,20-12+/t22-,23-/m1/s1. The van der Waals surface area contributed by atoms with Crippen molar-refractivity contribution in [2.75, 3.05) is 13.7 Å². The first-order valence-corrected chi connectivity index (χ1v) is 12.1. The van der Waals surface area contributed by atoms with Crippen molar-refractivity contribution in [1.82, 2.24) is 20.2 Å². The van der Waals surface area contributed by atoms with Crippen LogP contribution in [0.25, 0.3) is 0 Å². The van der Waals surface area contributed by atoms with E-state index in [1.807, 2.05) is 32.9 Å². The van der Waals surface area contributed by atoms with Crippen LogP contribution in [0.15, 0.2) is 52.9 Å². The number of amides is 2. The number of aromatic amines is 1. The molecule has 2 atom stereocenters. The van der Waals surface area contributed by atoms with Crippen LogP contribution in [0.2, 0.25) is 0 Å². The van der Waals surface area contributed by atoms with E-state index in [-0.39, 0.29) is 23.4 Å². The van der Waals surface area contributed by atoms with Gasteiger partial charge in [0.2, 0.25) is 5.56 Å². The van der Waals surface area contributed by atoms with Crippen molar-refractivity contribution in [2.24, 2.45) is 0 Å². The van der Waals surface area contributed by atoms with Gasteiger partial charge in [-0.25, -0.2) is 0 Å². The Hall–Kier alpha value is -3.83. The van der Waals surface area contributed by atoms with Gasteiger partial charge in [0, 0.05) is 31.1 Å². The van der Waals surface area contributed by atoms with E-state index in [4.69, 9.17) is 11.2 Å². The Morgan fingerprint density at radius 2 is 1.97 bits per heavy atom. The highest BCUT2D eigenvalue weighted by molar-refractivity contribution is 6.01. The minimum Gasteiger partial charge on any atom is -0.383 e. The van der Waals surface area contributed by atoms with Gasteiger partial charge in [-0.1, -0.05) is 38.0 Å². The van der Waals surface area contributed by atoms with Gasteiger partial charge in [0.25, 0.3) is 11.8 Å². The van der Waals surface area contributed by atoms with Crippen molar-refractivity contribution in [1.29, 1.82) is 0 Å². The topological polar surface area (TPSA) is 105 Å². The van der Waals surface area contributed by atoms with E-state index in [2.05, 4.69) is 21.5 Å². The molecule has 2 amide bonds. The van der Waals surface area contributed by atoms with E-state index in [0.717, 1.165) is 5.57 Å². The van der Waals surface area contributed by atoms with Gasteiger partial charge in [0.1, 0.15) is 5.69 Å². The number of carbonyl (C=O) groups is 2. The number of hydrogen-bond acceptors (Lipinski definition) is 4. The molecule has 0 radical (unpaired) electrons. The van der Waals surface area contributed by atoms with Crippen molar-refractivity contribution in [2.45, 2.75) is 59.2 Å². The average Bonchev–Trinajstić information content (AvgIpc) is 3.20. The quantitative estimate of drug-likeness (QED) is 0.311. The van der Waals surface area contributed by atoms with Crippen molar-refractivity contribution in [3.05, 3.63) is 81.1 Å². The fourth-order valence-corrected chi connectivity index (χ4v) is 4.04. The SMILES string of the molecule is C#C/C=C(\C=C/C)[C@@H](CC)NC(=O)c1cc(C(=O)N[C@H](CC)c2cccc(=O)[nH]2)n(CCOC)c1C. The molecule has 0 fully saturated rings. The third kappa shape index (κ3) is 7.09. The molecule has 8 heteroatoms. The fraction of sp³-hybridized carbons (Fsp3) is 0.393. The lowest BCUT2D eigenvalue weighted by molar-refractivity contribution is 0.0920. The molecule has 192 valence electrons. The van der Waals surface area contributed by atoms with E-state index in [9.17, 15) is 14.4 Å². The third-order valence-corrected chi connectivity index (χ3v) is 5.97. The summed E-state index contributed by atoms with van der Waals surface area (Å²) in [5.74, 6) is 1.88. The lowest BCUT2D eigenvalue weighted by Gasteiger charge is -2.18. The maximum atomic E-state index is 13.4. The van der Waals surface area contributed by atoms with Crippen molar-refractivity contribution in [3.8, 4) is 12.3 Å². The molecular weight excluding hydrogens is 456 g/mol. The van der Waals surface area contributed by atoms with E-state index >= 15 is 0 Å². The number of pyridine rings is 1. The van der Waals surface area contributed by atoms with Gasteiger partial charge in [-0.2, -0.15) is 0 Å². The minimum atomic E-state index is -0.392. The predicted octanol–water partition coefficient (Wildman–Crippen LogP) is 3.66. The molecule has 0 aromatic carbocycles. The van der Waals surface area contributed by atoms with Crippen LogP contribution in [0.1, 0.15) is 71.9 Å². The van der Waals surface area contributed by atoms with E-state index < -0.39 is 6.04 Å². The van der Waals surface area contributed by atoms with Crippen LogP contribution in [0.5, 0.6) is 0 Å².